The van der Waals surface area contributed by atoms with Crippen LogP contribution in [0.25, 0.3) is 0 Å². The maximum absolute atomic E-state index is 13.8. The van der Waals surface area contributed by atoms with Crippen LogP contribution < -0.4 is 5.32 Å². The first-order chi connectivity index (χ1) is 11.0. The molecule has 1 fully saturated rings. The van der Waals surface area contributed by atoms with E-state index in [4.69, 9.17) is 4.74 Å². The van der Waals surface area contributed by atoms with Crippen LogP contribution in [0.2, 0.25) is 0 Å². The summed E-state index contributed by atoms with van der Waals surface area (Å²) in [5, 5.41) is 2.89. The van der Waals surface area contributed by atoms with Gasteiger partial charge in [0.2, 0.25) is 0 Å². The van der Waals surface area contributed by atoms with E-state index in [9.17, 15) is 9.18 Å². The lowest BCUT2D eigenvalue weighted by molar-refractivity contribution is 0.0124. The number of nitrogens with zero attached hydrogens (tertiary/aromatic N) is 1. The Morgan fingerprint density at radius 1 is 1.39 bits per heavy atom. The molecule has 4 nitrogen and oxygen atoms in total. The van der Waals surface area contributed by atoms with Crippen molar-refractivity contribution in [3.05, 3.63) is 34.1 Å². The van der Waals surface area contributed by atoms with E-state index >= 15 is 0 Å². The van der Waals surface area contributed by atoms with Crippen LogP contribution in [-0.4, -0.2) is 49.7 Å². The molecular weight excluding hydrogens is 363 g/mol. The van der Waals surface area contributed by atoms with Crippen molar-refractivity contribution < 1.29 is 13.9 Å². The fourth-order valence-corrected chi connectivity index (χ4v) is 3.19. The number of nitrogens with one attached hydrogen (secondary N) is 1. The molecule has 1 heterocycles. The van der Waals surface area contributed by atoms with Crippen LogP contribution in [-0.2, 0) is 4.74 Å². The minimum Gasteiger partial charge on any atom is -0.379 e. The predicted molar refractivity (Wildman–Crippen MR) is 92.1 cm³/mol. The first-order valence-corrected chi connectivity index (χ1v) is 8.81. The molecule has 1 atom stereocenters. The number of carbonyl (C=O) groups is 1. The minimum absolute atomic E-state index is 0.0737. The monoisotopic (exact) mass is 386 g/mol. The molecule has 1 N–H and O–H groups in total. The smallest absolute Gasteiger partial charge is 0.254 e. The normalized spacial score (nSPS) is 17.3. The summed E-state index contributed by atoms with van der Waals surface area (Å²) in [6.45, 7) is 8.05. The number of ether oxygens (including phenoxy) is 1. The summed E-state index contributed by atoms with van der Waals surface area (Å²) in [6.07, 6.45) is 0.987. The summed E-state index contributed by atoms with van der Waals surface area (Å²) in [7, 11) is 0. The number of carbonyl (C=O) groups excluding carboxylic acids is 1. The van der Waals surface area contributed by atoms with Gasteiger partial charge in [0.05, 0.1) is 18.8 Å². The van der Waals surface area contributed by atoms with E-state index in [1.807, 2.05) is 0 Å². The lowest BCUT2D eigenvalue weighted by atomic mass is 10.0. The van der Waals surface area contributed by atoms with Crippen molar-refractivity contribution in [2.45, 2.75) is 26.3 Å². The van der Waals surface area contributed by atoms with E-state index in [1.165, 1.54) is 12.1 Å². The zero-order chi connectivity index (χ0) is 16.8. The number of halogens is 2. The van der Waals surface area contributed by atoms with Crippen LogP contribution in [0.5, 0.6) is 0 Å². The van der Waals surface area contributed by atoms with Crippen molar-refractivity contribution in [1.29, 1.82) is 0 Å². The Balaban J connectivity index is 1.99. The molecule has 128 valence electrons. The summed E-state index contributed by atoms with van der Waals surface area (Å²) in [5.74, 6) is -0.342. The lowest BCUT2D eigenvalue weighted by Gasteiger charge is -2.35. The molecule has 0 spiro atoms. The number of hydrogen-bond acceptors (Lipinski definition) is 3. The number of amides is 1. The fourth-order valence-electron chi connectivity index (χ4n) is 2.83. The zero-order valence-electron chi connectivity index (χ0n) is 13.6. The molecule has 1 aliphatic heterocycles. The number of hydrogen-bond donors (Lipinski definition) is 1. The maximum atomic E-state index is 13.8. The van der Waals surface area contributed by atoms with Crippen LogP contribution in [0, 0.1) is 11.7 Å². The molecule has 6 heteroatoms. The van der Waals surface area contributed by atoms with Crippen molar-refractivity contribution in [2.24, 2.45) is 5.92 Å². The molecule has 0 aromatic heterocycles. The van der Waals surface area contributed by atoms with Gasteiger partial charge in [-0.1, -0.05) is 29.8 Å². The average molecular weight is 387 g/mol. The van der Waals surface area contributed by atoms with Gasteiger partial charge in [-0.15, -0.1) is 0 Å². The van der Waals surface area contributed by atoms with Crippen molar-refractivity contribution in [2.75, 3.05) is 32.8 Å². The molecular formula is C17H24BrFN2O2. The SMILES string of the molecule is CC(C)C[C@H](CNC(=O)c1cc(Br)ccc1F)N1CCOCC1. The third-order valence-corrected chi connectivity index (χ3v) is 4.47. The Morgan fingerprint density at radius 3 is 2.74 bits per heavy atom. The molecule has 0 radical (unpaired) electrons. The Kier molecular flexibility index (Phi) is 6.99. The van der Waals surface area contributed by atoms with E-state index in [0.29, 0.717) is 16.9 Å². The van der Waals surface area contributed by atoms with Crippen molar-refractivity contribution in [3.8, 4) is 0 Å². The summed E-state index contributed by atoms with van der Waals surface area (Å²) < 4.78 is 19.9. The highest BCUT2D eigenvalue weighted by atomic mass is 79.9. The molecule has 0 unspecified atom stereocenters. The Morgan fingerprint density at radius 2 is 2.09 bits per heavy atom. The molecule has 0 bridgehead atoms. The van der Waals surface area contributed by atoms with E-state index in [-0.39, 0.29) is 17.5 Å². The highest BCUT2D eigenvalue weighted by Crippen LogP contribution is 2.16. The third kappa shape index (κ3) is 5.55. The second-order valence-corrected chi connectivity index (χ2v) is 7.18. The molecule has 0 aliphatic carbocycles. The van der Waals surface area contributed by atoms with Gasteiger partial charge in [-0.05, 0) is 30.5 Å². The van der Waals surface area contributed by atoms with E-state index < -0.39 is 5.82 Å². The molecule has 1 aromatic rings. The Hall–Kier alpha value is -0.980. The second-order valence-electron chi connectivity index (χ2n) is 6.27. The van der Waals surface area contributed by atoms with Crippen LogP contribution in [0.15, 0.2) is 22.7 Å². The van der Waals surface area contributed by atoms with Gasteiger partial charge in [0.25, 0.3) is 5.91 Å². The molecule has 0 saturated carbocycles. The Bertz CT molecular complexity index is 533. The van der Waals surface area contributed by atoms with Gasteiger partial charge in [-0.3, -0.25) is 9.69 Å². The van der Waals surface area contributed by atoms with Crippen molar-refractivity contribution in [1.82, 2.24) is 10.2 Å². The molecule has 2 rings (SSSR count). The van der Waals surface area contributed by atoms with Crippen molar-refractivity contribution in [3.63, 3.8) is 0 Å². The zero-order valence-corrected chi connectivity index (χ0v) is 15.2. The van der Waals surface area contributed by atoms with E-state index in [0.717, 1.165) is 32.7 Å². The van der Waals surface area contributed by atoms with Crippen molar-refractivity contribution >= 4 is 21.8 Å². The quantitative estimate of drug-likeness (QED) is 0.816. The summed E-state index contributed by atoms with van der Waals surface area (Å²) in [6, 6.07) is 4.64. The van der Waals surface area contributed by atoms with Gasteiger partial charge in [0, 0.05) is 30.1 Å². The highest BCUT2D eigenvalue weighted by molar-refractivity contribution is 9.10. The average Bonchev–Trinajstić information content (AvgIpc) is 2.54. The number of morpholine rings is 1. The fraction of sp³-hybridized carbons (Fsp3) is 0.588. The first kappa shape index (κ1) is 18.4. The van der Waals surface area contributed by atoms with Gasteiger partial charge in [0.1, 0.15) is 5.82 Å². The minimum atomic E-state index is -0.502. The topological polar surface area (TPSA) is 41.6 Å². The number of rotatable bonds is 6. The summed E-state index contributed by atoms with van der Waals surface area (Å²) in [5.41, 5.74) is 0.0737. The Labute approximate surface area is 145 Å². The molecule has 1 saturated heterocycles. The summed E-state index contributed by atoms with van der Waals surface area (Å²) >= 11 is 3.27. The maximum Gasteiger partial charge on any atom is 0.254 e. The van der Waals surface area contributed by atoms with Crippen LogP contribution in [0.3, 0.4) is 0 Å². The highest BCUT2D eigenvalue weighted by Gasteiger charge is 2.23. The molecule has 1 aliphatic rings. The van der Waals surface area contributed by atoms with E-state index in [1.54, 1.807) is 6.07 Å². The first-order valence-electron chi connectivity index (χ1n) is 8.02. The van der Waals surface area contributed by atoms with Crippen LogP contribution >= 0.6 is 15.9 Å². The number of benzene rings is 1. The van der Waals surface area contributed by atoms with Crippen LogP contribution in [0.1, 0.15) is 30.6 Å². The third-order valence-electron chi connectivity index (χ3n) is 3.98. The largest absolute Gasteiger partial charge is 0.379 e. The van der Waals surface area contributed by atoms with Crippen LogP contribution in [0.4, 0.5) is 4.39 Å². The summed E-state index contributed by atoms with van der Waals surface area (Å²) in [4.78, 5) is 14.6. The van der Waals surface area contributed by atoms with Gasteiger partial charge in [-0.25, -0.2) is 4.39 Å². The molecule has 23 heavy (non-hydrogen) atoms. The predicted octanol–water partition coefficient (Wildman–Crippen LogP) is 3.06. The molecule has 1 aromatic carbocycles. The second kappa shape index (κ2) is 8.76. The van der Waals surface area contributed by atoms with Gasteiger partial charge < -0.3 is 10.1 Å². The van der Waals surface area contributed by atoms with Gasteiger partial charge in [0.15, 0.2) is 0 Å². The standard InChI is InChI=1S/C17H24BrFN2O2/c1-12(2)9-14(21-5-7-23-8-6-21)11-20-17(22)15-10-13(18)3-4-16(15)19/h3-4,10,12,14H,5-9,11H2,1-2H3,(H,20,22)/t14-/m1/s1. The lowest BCUT2D eigenvalue weighted by Crippen LogP contribution is -2.49. The molecule has 1 amide bonds. The van der Waals surface area contributed by atoms with Gasteiger partial charge in [-0.2, -0.15) is 0 Å². The van der Waals surface area contributed by atoms with Gasteiger partial charge >= 0.3 is 0 Å². The van der Waals surface area contributed by atoms with E-state index in [2.05, 4.69) is 40.0 Å².